The van der Waals surface area contributed by atoms with Gasteiger partial charge >= 0.3 is 11.9 Å². The van der Waals surface area contributed by atoms with Crippen LogP contribution in [0.2, 0.25) is 0 Å². The first-order chi connectivity index (χ1) is 8.07. The van der Waals surface area contributed by atoms with Crippen molar-refractivity contribution in [3.05, 3.63) is 0 Å². The number of aliphatic carboxylic acids is 2. The number of amides is 2. The molecule has 0 heterocycles. The van der Waals surface area contributed by atoms with Crippen LogP contribution in [-0.4, -0.2) is 46.0 Å². The smallest absolute Gasteiger partial charge is 0.321 e. The van der Waals surface area contributed by atoms with Crippen molar-refractivity contribution in [1.29, 1.82) is 0 Å². The fourth-order valence-corrected chi connectivity index (χ4v) is 0.608. The highest BCUT2D eigenvalue weighted by Crippen LogP contribution is 1.85. The molecule has 0 radical (unpaired) electrons. The Bertz CT molecular complexity index is 300. The molecule has 0 saturated carbocycles. The zero-order valence-electron chi connectivity index (χ0n) is 9.41. The van der Waals surface area contributed by atoms with Crippen LogP contribution in [0.3, 0.4) is 0 Å². The molecule has 0 spiro atoms. The summed E-state index contributed by atoms with van der Waals surface area (Å²) in [6, 6.07) is -2.33. The second-order valence-corrected chi connectivity index (χ2v) is 3.23. The van der Waals surface area contributed by atoms with Gasteiger partial charge in [-0.05, 0) is 0 Å². The van der Waals surface area contributed by atoms with E-state index in [-0.39, 0.29) is 12.8 Å². The van der Waals surface area contributed by atoms with E-state index in [1.54, 1.807) is 0 Å². The van der Waals surface area contributed by atoms with Gasteiger partial charge in [-0.3, -0.25) is 19.2 Å². The molecule has 0 fully saturated rings. The highest BCUT2D eigenvalue weighted by Gasteiger charge is 2.13. The fourth-order valence-electron chi connectivity index (χ4n) is 0.608. The van der Waals surface area contributed by atoms with Gasteiger partial charge in [0.15, 0.2) is 0 Å². The summed E-state index contributed by atoms with van der Waals surface area (Å²) in [7, 11) is 0. The van der Waals surface area contributed by atoms with Gasteiger partial charge in [0.2, 0.25) is 11.8 Å². The fraction of sp³-hybridized carbons (Fsp3) is 0.500. The average molecular weight is 264 g/mol. The molecule has 0 aromatic heterocycles. The quantitative estimate of drug-likeness (QED) is 0.283. The van der Waals surface area contributed by atoms with Crippen LogP contribution >= 0.6 is 0 Å². The molecule has 104 valence electrons. The van der Waals surface area contributed by atoms with E-state index in [4.69, 9.17) is 21.7 Å². The van der Waals surface area contributed by atoms with E-state index in [1.807, 2.05) is 0 Å². The normalized spacial score (nSPS) is 12.6. The third kappa shape index (κ3) is 11.9. The predicted molar refractivity (Wildman–Crippen MR) is 58.8 cm³/mol. The van der Waals surface area contributed by atoms with Crippen LogP contribution in [0.25, 0.3) is 0 Å². The van der Waals surface area contributed by atoms with Crippen LogP contribution in [0.5, 0.6) is 0 Å². The maximum absolute atomic E-state index is 9.99. The summed E-state index contributed by atoms with van der Waals surface area (Å²) in [5, 5.41) is 16.2. The number of hydrogen-bond donors (Lipinski definition) is 6. The van der Waals surface area contributed by atoms with Crippen molar-refractivity contribution in [3.8, 4) is 0 Å². The lowest BCUT2D eigenvalue weighted by atomic mass is 10.2. The minimum Gasteiger partial charge on any atom is -0.480 e. The van der Waals surface area contributed by atoms with Crippen LogP contribution < -0.4 is 22.9 Å². The zero-order valence-corrected chi connectivity index (χ0v) is 9.41. The predicted octanol–water partition coefficient (Wildman–Crippen LogP) is -3.45. The van der Waals surface area contributed by atoms with Crippen LogP contribution in [0.1, 0.15) is 12.8 Å². The monoisotopic (exact) mass is 264 g/mol. The molecule has 2 amide bonds. The van der Waals surface area contributed by atoms with Crippen molar-refractivity contribution in [1.82, 2.24) is 0 Å². The maximum Gasteiger partial charge on any atom is 0.321 e. The molecule has 10 heteroatoms. The van der Waals surface area contributed by atoms with Gasteiger partial charge in [-0.2, -0.15) is 0 Å². The Morgan fingerprint density at radius 2 is 1.00 bits per heavy atom. The minimum atomic E-state index is -1.21. The summed E-state index contributed by atoms with van der Waals surface area (Å²) >= 11 is 0. The van der Waals surface area contributed by atoms with Gasteiger partial charge in [0.05, 0.1) is 12.8 Å². The number of carboxylic acid groups (broad SMARTS) is 2. The molecule has 2 atom stereocenters. The number of hydrogen-bond acceptors (Lipinski definition) is 6. The van der Waals surface area contributed by atoms with E-state index < -0.39 is 35.8 Å². The van der Waals surface area contributed by atoms with Crippen molar-refractivity contribution < 1.29 is 29.4 Å². The lowest BCUT2D eigenvalue weighted by Gasteiger charge is -1.99. The molecule has 0 rings (SSSR count). The van der Waals surface area contributed by atoms with Crippen molar-refractivity contribution in [2.24, 2.45) is 22.9 Å². The first-order valence-electron chi connectivity index (χ1n) is 4.61. The lowest BCUT2D eigenvalue weighted by molar-refractivity contribution is -0.140. The van der Waals surface area contributed by atoms with E-state index in [2.05, 4.69) is 11.5 Å². The van der Waals surface area contributed by atoms with Gasteiger partial charge < -0.3 is 33.1 Å². The Morgan fingerprint density at radius 3 is 1.06 bits per heavy atom. The standard InChI is InChI=1S/2C4H8N2O3/c2*5-2(4(8)9)1-3(6)7/h2*2H,1,5H2,(H2,6,7)(H,8,9)/t2*2-/m10/s1. The van der Waals surface area contributed by atoms with E-state index in [0.29, 0.717) is 0 Å². The van der Waals surface area contributed by atoms with Crippen LogP contribution in [-0.2, 0) is 19.2 Å². The van der Waals surface area contributed by atoms with Gasteiger partial charge in [-0.25, -0.2) is 0 Å². The Kier molecular flexibility index (Phi) is 8.98. The Labute approximate surface area is 102 Å². The molecular formula is C8H16N4O6. The van der Waals surface area contributed by atoms with Crippen molar-refractivity contribution >= 4 is 23.8 Å². The second kappa shape index (κ2) is 8.90. The number of nitrogens with two attached hydrogens (primary N) is 4. The lowest BCUT2D eigenvalue weighted by Crippen LogP contribution is -2.34. The Balaban J connectivity index is 0. The van der Waals surface area contributed by atoms with Gasteiger partial charge in [-0.15, -0.1) is 0 Å². The summed E-state index contributed by atoms with van der Waals surface area (Å²) < 4.78 is 0. The van der Waals surface area contributed by atoms with E-state index in [9.17, 15) is 19.2 Å². The summed E-state index contributed by atoms with van der Waals surface area (Å²) in [4.78, 5) is 39.8. The van der Waals surface area contributed by atoms with Gasteiger partial charge in [0, 0.05) is 0 Å². The third-order valence-corrected chi connectivity index (χ3v) is 1.48. The second-order valence-electron chi connectivity index (χ2n) is 3.23. The zero-order chi connectivity index (χ0) is 14.9. The number of primary amides is 2. The summed E-state index contributed by atoms with van der Waals surface area (Å²) in [6.45, 7) is 0. The molecular weight excluding hydrogens is 248 g/mol. The van der Waals surface area contributed by atoms with Crippen molar-refractivity contribution in [2.45, 2.75) is 24.9 Å². The molecule has 0 bridgehead atoms. The Hall–Kier alpha value is -2.20. The van der Waals surface area contributed by atoms with E-state index in [1.165, 1.54) is 0 Å². The van der Waals surface area contributed by atoms with Gasteiger partial charge in [0.25, 0.3) is 0 Å². The number of rotatable bonds is 6. The van der Waals surface area contributed by atoms with Crippen molar-refractivity contribution in [2.75, 3.05) is 0 Å². The first-order valence-corrected chi connectivity index (χ1v) is 4.61. The molecule has 0 aromatic rings. The molecule has 10 N–H and O–H groups in total. The molecule has 0 saturated heterocycles. The summed E-state index contributed by atoms with van der Waals surface area (Å²) in [5.74, 6) is -3.84. The minimum absolute atomic E-state index is 0.310. The first kappa shape index (κ1) is 18.2. The van der Waals surface area contributed by atoms with E-state index in [0.717, 1.165) is 0 Å². The van der Waals surface area contributed by atoms with E-state index >= 15 is 0 Å². The SMILES string of the molecule is NC(=O)C[C@@H](N)C(=O)O.NC(=O)C[C@H](N)C(=O)O. The summed E-state index contributed by atoms with van der Waals surface area (Å²) in [6.07, 6.45) is -0.620. The third-order valence-electron chi connectivity index (χ3n) is 1.48. The number of carboxylic acids is 2. The highest BCUT2D eigenvalue weighted by molar-refractivity contribution is 5.83. The molecule has 10 nitrogen and oxygen atoms in total. The highest BCUT2D eigenvalue weighted by atomic mass is 16.4. The van der Waals surface area contributed by atoms with Crippen molar-refractivity contribution in [3.63, 3.8) is 0 Å². The largest absolute Gasteiger partial charge is 0.480 e. The molecule has 0 aliphatic rings. The molecule has 18 heavy (non-hydrogen) atoms. The average Bonchev–Trinajstić information content (AvgIpc) is 2.16. The topological polar surface area (TPSA) is 213 Å². The van der Waals surface area contributed by atoms with Crippen LogP contribution in [0.4, 0.5) is 0 Å². The maximum atomic E-state index is 9.99. The van der Waals surface area contributed by atoms with Crippen LogP contribution in [0.15, 0.2) is 0 Å². The van der Waals surface area contributed by atoms with Gasteiger partial charge in [0.1, 0.15) is 12.1 Å². The van der Waals surface area contributed by atoms with Gasteiger partial charge in [-0.1, -0.05) is 0 Å². The number of carbonyl (C=O) groups excluding carboxylic acids is 2. The molecule has 0 unspecified atom stereocenters. The summed E-state index contributed by atoms with van der Waals surface area (Å²) in [5.41, 5.74) is 19.1. The molecule has 0 aromatic carbocycles. The Morgan fingerprint density at radius 1 is 0.778 bits per heavy atom. The number of carbonyl (C=O) groups is 4. The molecule has 0 aliphatic carbocycles. The van der Waals surface area contributed by atoms with Crippen LogP contribution in [0, 0.1) is 0 Å². The molecule has 0 aliphatic heterocycles.